The summed E-state index contributed by atoms with van der Waals surface area (Å²) in [4.78, 5) is 11.0. The van der Waals surface area contributed by atoms with Crippen LogP contribution in [0, 0.1) is 5.82 Å². The van der Waals surface area contributed by atoms with Crippen molar-refractivity contribution >= 4 is 16.0 Å². The highest BCUT2D eigenvalue weighted by molar-refractivity contribution is 7.89. The second-order valence-corrected chi connectivity index (χ2v) is 5.72. The van der Waals surface area contributed by atoms with Crippen molar-refractivity contribution in [1.82, 2.24) is 4.72 Å². The van der Waals surface area contributed by atoms with E-state index in [9.17, 15) is 17.6 Å². The number of ether oxygens (including phenoxy) is 1. The van der Waals surface area contributed by atoms with Gasteiger partial charge in [-0.25, -0.2) is 22.3 Å². The van der Waals surface area contributed by atoms with Gasteiger partial charge in [0.2, 0.25) is 10.0 Å². The van der Waals surface area contributed by atoms with E-state index in [4.69, 9.17) is 5.11 Å². The Morgan fingerprint density at radius 3 is 2.65 bits per heavy atom. The molecule has 0 aliphatic carbocycles. The van der Waals surface area contributed by atoms with Crippen molar-refractivity contribution < 1.29 is 27.4 Å². The van der Waals surface area contributed by atoms with Crippen molar-refractivity contribution in [3.8, 4) is 0 Å². The molecule has 0 heterocycles. The summed E-state index contributed by atoms with van der Waals surface area (Å²) in [5.74, 6) is -1.68. The molecule has 2 N–H and O–H groups in total. The van der Waals surface area contributed by atoms with Crippen molar-refractivity contribution in [3.63, 3.8) is 0 Å². The zero-order valence-corrected chi connectivity index (χ0v) is 11.9. The van der Waals surface area contributed by atoms with Crippen LogP contribution in [0.25, 0.3) is 0 Å². The molecule has 0 aliphatic rings. The van der Waals surface area contributed by atoms with E-state index >= 15 is 0 Å². The molecule has 112 valence electrons. The van der Waals surface area contributed by atoms with E-state index in [0.29, 0.717) is 6.42 Å². The van der Waals surface area contributed by atoms with E-state index in [2.05, 4.69) is 9.46 Å². The lowest BCUT2D eigenvalue weighted by Crippen LogP contribution is -2.37. The van der Waals surface area contributed by atoms with Crippen molar-refractivity contribution in [1.29, 1.82) is 0 Å². The van der Waals surface area contributed by atoms with E-state index in [1.165, 1.54) is 0 Å². The van der Waals surface area contributed by atoms with Gasteiger partial charge >= 0.3 is 5.97 Å². The van der Waals surface area contributed by atoms with Crippen LogP contribution in [-0.4, -0.2) is 39.3 Å². The molecule has 0 unspecified atom stereocenters. The van der Waals surface area contributed by atoms with E-state index in [1.807, 2.05) is 0 Å². The average molecular weight is 305 g/mol. The van der Waals surface area contributed by atoms with Gasteiger partial charge < -0.3 is 9.84 Å². The van der Waals surface area contributed by atoms with E-state index in [-0.39, 0.29) is 5.56 Å². The molecule has 0 radical (unpaired) electrons. The fraction of sp³-hybridized carbons (Fsp3) is 0.417. The maximum absolute atomic E-state index is 13.3. The van der Waals surface area contributed by atoms with Gasteiger partial charge in [0.05, 0.1) is 24.2 Å². The van der Waals surface area contributed by atoms with Gasteiger partial charge in [0.1, 0.15) is 5.82 Å². The number of sulfonamides is 1. The van der Waals surface area contributed by atoms with Crippen molar-refractivity contribution in [3.05, 3.63) is 29.6 Å². The van der Waals surface area contributed by atoms with Crippen molar-refractivity contribution in [2.75, 3.05) is 13.7 Å². The van der Waals surface area contributed by atoms with Crippen molar-refractivity contribution in [2.45, 2.75) is 24.3 Å². The number of carbonyl (C=O) groups is 1. The van der Waals surface area contributed by atoms with Crippen LogP contribution < -0.4 is 4.72 Å². The van der Waals surface area contributed by atoms with Crippen molar-refractivity contribution in [2.24, 2.45) is 0 Å². The van der Waals surface area contributed by atoms with Gasteiger partial charge in [0, 0.05) is 6.04 Å². The zero-order chi connectivity index (χ0) is 15.3. The van der Waals surface area contributed by atoms with Gasteiger partial charge in [0.15, 0.2) is 0 Å². The van der Waals surface area contributed by atoms with Crippen LogP contribution in [-0.2, 0) is 14.8 Å². The molecule has 0 saturated heterocycles. The lowest BCUT2D eigenvalue weighted by atomic mass is 10.2. The third-order valence-corrected chi connectivity index (χ3v) is 4.23. The molecule has 0 spiro atoms. The van der Waals surface area contributed by atoms with E-state index < -0.39 is 39.4 Å². The number of aliphatic hydroxyl groups is 1. The minimum absolute atomic E-state index is 0.269. The summed E-state index contributed by atoms with van der Waals surface area (Å²) < 4.78 is 44.2. The third kappa shape index (κ3) is 3.75. The van der Waals surface area contributed by atoms with Gasteiger partial charge in [-0.1, -0.05) is 6.92 Å². The molecule has 1 aromatic carbocycles. The maximum atomic E-state index is 13.3. The van der Waals surface area contributed by atoms with Crippen LogP contribution >= 0.6 is 0 Å². The van der Waals surface area contributed by atoms with Crippen LogP contribution in [0.4, 0.5) is 4.39 Å². The number of rotatable bonds is 6. The Labute approximate surface area is 116 Å². The minimum Gasteiger partial charge on any atom is -0.465 e. The van der Waals surface area contributed by atoms with Crippen LogP contribution in [0.1, 0.15) is 23.7 Å². The number of methoxy groups -OCH3 is 1. The summed E-state index contributed by atoms with van der Waals surface area (Å²) in [7, 11) is -3.05. The van der Waals surface area contributed by atoms with Gasteiger partial charge in [-0.2, -0.15) is 0 Å². The van der Waals surface area contributed by atoms with Gasteiger partial charge in [0.25, 0.3) is 0 Å². The molecule has 1 rings (SSSR count). The standard InChI is InChI=1S/C12H16FNO5S/c1-3-9(7-15)14-20(17,18)11-6-8(13)4-5-10(11)12(16)19-2/h4-6,9,14-15H,3,7H2,1-2H3/t9-/m0/s1. The molecule has 0 amide bonds. The number of nitrogens with one attached hydrogen (secondary N) is 1. The lowest BCUT2D eigenvalue weighted by molar-refractivity contribution is 0.0596. The predicted molar refractivity (Wildman–Crippen MR) is 69.2 cm³/mol. The lowest BCUT2D eigenvalue weighted by Gasteiger charge is -2.16. The molecule has 0 saturated carbocycles. The molecule has 0 aromatic heterocycles. The first-order chi connectivity index (χ1) is 9.35. The smallest absolute Gasteiger partial charge is 0.339 e. The fourth-order valence-electron chi connectivity index (χ4n) is 1.53. The Kier molecular flexibility index (Phi) is 5.61. The Bertz CT molecular complexity index is 584. The topological polar surface area (TPSA) is 92.7 Å². The number of hydrogen-bond acceptors (Lipinski definition) is 5. The largest absolute Gasteiger partial charge is 0.465 e. The minimum atomic E-state index is -4.14. The second-order valence-electron chi connectivity index (χ2n) is 4.04. The monoisotopic (exact) mass is 305 g/mol. The second kappa shape index (κ2) is 6.78. The number of benzene rings is 1. The fourth-order valence-corrected chi connectivity index (χ4v) is 3.05. The first-order valence-corrected chi connectivity index (χ1v) is 7.35. The summed E-state index contributed by atoms with van der Waals surface area (Å²) in [6.45, 7) is 1.27. The van der Waals surface area contributed by atoms with Gasteiger partial charge in [-0.05, 0) is 24.6 Å². The molecule has 6 nitrogen and oxygen atoms in total. The number of hydrogen-bond donors (Lipinski definition) is 2. The number of halogens is 1. The number of carbonyl (C=O) groups excluding carboxylic acids is 1. The van der Waals surface area contributed by atoms with Crippen LogP contribution in [0.2, 0.25) is 0 Å². The number of aliphatic hydroxyl groups excluding tert-OH is 1. The highest BCUT2D eigenvalue weighted by Gasteiger charge is 2.25. The van der Waals surface area contributed by atoms with Gasteiger partial charge in [-0.15, -0.1) is 0 Å². The SMILES string of the molecule is CC[C@@H](CO)NS(=O)(=O)c1cc(F)ccc1C(=O)OC. The Morgan fingerprint density at radius 2 is 2.15 bits per heavy atom. The van der Waals surface area contributed by atoms with Crippen LogP contribution in [0.3, 0.4) is 0 Å². The van der Waals surface area contributed by atoms with Gasteiger partial charge in [-0.3, -0.25) is 0 Å². The first-order valence-electron chi connectivity index (χ1n) is 5.86. The summed E-state index contributed by atoms with van der Waals surface area (Å²) in [6, 6.07) is 2.02. The predicted octanol–water partition coefficient (Wildman–Crippen LogP) is 0.662. The summed E-state index contributed by atoms with van der Waals surface area (Å²) >= 11 is 0. The Morgan fingerprint density at radius 1 is 1.50 bits per heavy atom. The Balaban J connectivity index is 3.29. The molecular weight excluding hydrogens is 289 g/mol. The average Bonchev–Trinajstić information content (AvgIpc) is 2.43. The highest BCUT2D eigenvalue weighted by atomic mass is 32.2. The van der Waals surface area contributed by atoms with E-state index in [0.717, 1.165) is 25.3 Å². The third-order valence-electron chi connectivity index (χ3n) is 2.67. The molecule has 0 bridgehead atoms. The molecular formula is C12H16FNO5S. The summed E-state index contributed by atoms with van der Waals surface area (Å²) in [5.41, 5.74) is -0.269. The molecule has 0 fully saturated rings. The quantitative estimate of drug-likeness (QED) is 0.753. The summed E-state index contributed by atoms with van der Waals surface area (Å²) in [6.07, 6.45) is 0.346. The molecule has 1 aromatic rings. The normalized spacial score (nSPS) is 13.0. The van der Waals surface area contributed by atoms with Crippen LogP contribution in [0.5, 0.6) is 0 Å². The van der Waals surface area contributed by atoms with E-state index in [1.54, 1.807) is 6.92 Å². The Hall–Kier alpha value is -1.51. The molecule has 0 aliphatic heterocycles. The first kappa shape index (κ1) is 16.5. The highest BCUT2D eigenvalue weighted by Crippen LogP contribution is 2.19. The molecule has 8 heteroatoms. The van der Waals surface area contributed by atoms with Crippen LogP contribution in [0.15, 0.2) is 23.1 Å². The zero-order valence-electron chi connectivity index (χ0n) is 11.1. The molecule has 1 atom stereocenters. The molecule has 20 heavy (non-hydrogen) atoms. The number of esters is 1. The summed E-state index contributed by atoms with van der Waals surface area (Å²) in [5, 5.41) is 9.02. The maximum Gasteiger partial charge on any atom is 0.339 e.